The molecule has 2 aromatic heterocycles. The fourth-order valence-corrected chi connectivity index (χ4v) is 1.25. The van der Waals surface area contributed by atoms with E-state index in [0.717, 1.165) is 5.76 Å². The Morgan fingerprint density at radius 1 is 1.33 bits per heavy atom. The lowest BCUT2D eigenvalue weighted by atomic mass is 10.4. The van der Waals surface area contributed by atoms with Crippen LogP contribution in [0.3, 0.4) is 0 Å². The molecule has 0 aliphatic rings. The zero-order valence-corrected chi connectivity index (χ0v) is 8.96. The van der Waals surface area contributed by atoms with Crippen LogP contribution < -0.4 is 5.32 Å². The number of nitrogens with one attached hydrogen (secondary N) is 1. The molecule has 0 saturated carbocycles. The molecule has 7 heteroatoms. The van der Waals surface area contributed by atoms with Crippen LogP contribution in [0.15, 0.2) is 22.8 Å². The summed E-state index contributed by atoms with van der Waals surface area (Å²) in [5.74, 6) is 1.15. The Balaban J connectivity index is 2.08. The predicted molar refractivity (Wildman–Crippen MR) is 55.9 cm³/mol. The van der Waals surface area contributed by atoms with Gasteiger partial charge in [0, 0.05) is 0 Å². The summed E-state index contributed by atoms with van der Waals surface area (Å²) in [5, 5.41) is 13.9. The highest BCUT2D eigenvalue weighted by molar-refractivity contribution is 6.42. The first-order valence-corrected chi connectivity index (χ1v) is 4.83. The minimum absolute atomic E-state index is 0.119. The zero-order valence-electron chi connectivity index (χ0n) is 7.44. The average molecular weight is 245 g/mol. The highest BCUT2D eigenvalue weighted by atomic mass is 35.5. The summed E-state index contributed by atoms with van der Waals surface area (Å²) in [6, 6.07) is 3.63. The number of rotatable bonds is 3. The molecule has 0 aromatic carbocycles. The van der Waals surface area contributed by atoms with Crippen molar-refractivity contribution < 1.29 is 4.42 Å². The van der Waals surface area contributed by atoms with Crippen molar-refractivity contribution in [1.29, 1.82) is 0 Å². The van der Waals surface area contributed by atoms with Crippen LogP contribution in [0.5, 0.6) is 0 Å². The van der Waals surface area contributed by atoms with E-state index in [1.165, 1.54) is 0 Å². The molecule has 78 valence electrons. The minimum Gasteiger partial charge on any atom is -0.467 e. The van der Waals surface area contributed by atoms with Crippen molar-refractivity contribution in [3.05, 3.63) is 34.3 Å². The molecule has 0 radical (unpaired) electrons. The van der Waals surface area contributed by atoms with Crippen LogP contribution in [-0.4, -0.2) is 15.4 Å². The second kappa shape index (κ2) is 4.46. The molecule has 0 aliphatic heterocycles. The number of furan rings is 1. The Labute approximate surface area is 95.4 Å². The zero-order chi connectivity index (χ0) is 10.7. The van der Waals surface area contributed by atoms with E-state index >= 15 is 0 Å². The first kappa shape index (κ1) is 10.2. The quantitative estimate of drug-likeness (QED) is 0.899. The molecule has 2 rings (SSSR count). The molecular formula is C8H6Cl2N4O. The lowest BCUT2D eigenvalue weighted by Crippen LogP contribution is -2.03. The van der Waals surface area contributed by atoms with Crippen molar-refractivity contribution in [3.8, 4) is 0 Å². The molecule has 15 heavy (non-hydrogen) atoms. The van der Waals surface area contributed by atoms with Gasteiger partial charge in [0.1, 0.15) is 10.8 Å². The predicted octanol–water partition coefficient (Wildman–Crippen LogP) is 2.38. The van der Waals surface area contributed by atoms with Gasteiger partial charge in [0.2, 0.25) is 0 Å². The van der Waals surface area contributed by atoms with Gasteiger partial charge in [0.25, 0.3) is 0 Å². The van der Waals surface area contributed by atoms with Crippen LogP contribution in [0.4, 0.5) is 5.82 Å². The molecule has 1 N–H and O–H groups in total. The van der Waals surface area contributed by atoms with Crippen molar-refractivity contribution in [1.82, 2.24) is 15.4 Å². The summed E-state index contributed by atoms with van der Waals surface area (Å²) < 4.78 is 5.12. The van der Waals surface area contributed by atoms with Crippen molar-refractivity contribution >= 4 is 29.0 Å². The van der Waals surface area contributed by atoms with Gasteiger partial charge >= 0.3 is 0 Å². The molecule has 0 saturated heterocycles. The van der Waals surface area contributed by atoms with E-state index < -0.39 is 0 Å². The Morgan fingerprint density at radius 3 is 2.93 bits per heavy atom. The van der Waals surface area contributed by atoms with Crippen LogP contribution in [0.2, 0.25) is 10.2 Å². The van der Waals surface area contributed by atoms with E-state index in [1.54, 1.807) is 12.3 Å². The van der Waals surface area contributed by atoms with Gasteiger partial charge in [-0.3, -0.25) is 0 Å². The Hall–Kier alpha value is -1.33. The van der Waals surface area contributed by atoms with Gasteiger partial charge in [-0.1, -0.05) is 23.2 Å². The summed E-state index contributed by atoms with van der Waals surface area (Å²) in [4.78, 5) is 0. The van der Waals surface area contributed by atoms with E-state index in [-0.39, 0.29) is 10.2 Å². The minimum atomic E-state index is 0.119. The van der Waals surface area contributed by atoms with Crippen molar-refractivity contribution in [2.75, 3.05) is 5.32 Å². The van der Waals surface area contributed by atoms with Crippen molar-refractivity contribution in [2.24, 2.45) is 0 Å². The third-order valence-corrected chi connectivity index (χ3v) is 2.40. The number of aromatic nitrogens is 3. The molecule has 0 atom stereocenters. The van der Waals surface area contributed by atoms with Gasteiger partial charge in [-0.2, -0.15) is 0 Å². The monoisotopic (exact) mass is 244 g/mol. The summed E-state index contributed by atoms with van der Waals surface area (Å²) in [6.07, 6.45) is 1.59. The first-order chi connectivity index (χ1) is 7.27. The molecule has 0 aliphatic carbocycles. The maximum Gasteiger partial charge on any atom is 0.175 e. The molecule has 2 heterocycles. The molecular weight excluding hydrogens is 239 g/mol. The average Bonchev–Trinajstić information content (AvgIpc) is 2.73. The smallest absolute Gasteiger partial charge is 0.175 e. The fourth-order valence-electron chi connectivity index (χ4n) is 0.989. The van der Waals surface area contributed by atoms with Gasteiger partial charge in [0.05, 0.1) is 12.8 Å². The summed E-state index contributed by atoms with van der Waals surface area (Å²) in [5.41, 5.74) is 0. The Bertz CT molecular complexity index is 446. The summed E-state index contributed by atoms with van der Waals surface area (Å²) in [6.45, 7) is 0.460. The number of halogens is 2. The molecule has 0 unspecified atom stereocenters. The van der Waals surface area contributed by atoms with Gasteiger partial charge in [-0.15, -0.1) is 10.2 Å². The van der Waals surface area contributed by atoms with E-state index in [4.69, 9.17) is 27.6 Å². The highest BCUT2D eigenvalue weighted by Crippen LogP contribution is 2.24. The van der Waals surface area contributed by atoms with Gasteiger partial charge in [0.15, 0.2) is 11.0 Å². The maximum atomic E-state index is 5.84. The van der Waals surface area contributed by atoms with E-state index in [0.29, 0.717) is 12.4 Å². The number of nitrogens with zero attached hydrogens (tertiary/aromatic N) is 3. The second-order valence-corrected chi connectivity index (χ2v) is 3.41. The van der Waals surface area contributed by atoms with Crippen molar-refractivity contribution in [2.45, 2.75) is 6.54 Å². The van der Waals surface area contributed by atoms with E-state index in [1.807, 2.05) is 6.07 Å². The van der Waals surface area contributed by atoms with E-state index in [9.17, 15) is 0 Å². The first-order valence-electron chi connectivity index (χ1n) is 4.08. The summed E-state index contributed by atoms with van der Waals surface area (Å²) in [7, 11) is 0. The van der Waals surface area contributed by atoms with E-state index in [2.05, 4.69) is 20.7 Å². The molecule has 0 bridgehead atoms. The highest BCUT2D eigenvalue weighted by Gasteiger charge is 2.08. The number of hydrogen-bond donors (Lipinski definition) is 1. The molecule has 0 amide bonds. The largest absolute Gasteiger partial charge is 0.467 e. The van der Waals surface area contributed by atoms with Crippen LogP contribution in [0, 0.1) is 0 Å². The maximum absolute atomic E-state index is 5.84. The van der Waals surface area contributed by atoms with Crippen LogP contribution in [0.1, 0.15) is 5.76 Å². The van der Waals surface area contributed by atoms with Gasteiger partial charge in [-0.25, -0.2) is 0 Å². The molecule has 2 aromatic rings. The molecule has 0 spiro atoms. The second-order valence-electron chi connectivity index (χ2n) is 2.68. The van der Waals surface area contributed by atoms with Crippen molar-refractivity contribution in [3.63, 3.8) is 0 Å². The third kappa shape index (κ3) is 2.37. The Morgan fingerprint density at radius 2 is 2.20 bits per heavy atom. The SMILES string of the molecule is Clc1nnnc(NCc2ccco2)c1Cl. The third-order valence-electron chi connectivity index (χ3n) is 1.68. The normalized spacial score (nSPS) is 10.3. The number of hydrogen-bond acceptors (Lipinski definition) is 5. The standard InChI is InChI=1S/C8H6Cl2N4O/c9-6-7(10)12-14-13-8(6)11-4-5-2-1-3-15-5/h1-3H,4H2,(H,11,12,13). The lowest BCUT2D eigenvalue weighted by molar-refractivity contribution is 0.517. The molecule has 0 fully saturated rings. The number of anilines is 1. The van der Waals surface area contributed by atoms with Gasteiger partial charge in [-0.05, 0) is 17.3 Å². The summed E-state index contributed by atoms with van der Waals surface area (Å²) >= 11 is 11.5. The lowest BCUT2D eigenvalue weighted by Gasteiger charge is -2.03. The fraction of sp³-hybridized carbons (Fsp3) is 0.125. The Kier molecular flexibility index (Phi) is 3.03. The van der Waals surface area contributed by atoms with Crippen LogP contribution in [0.25, 0.3) is 0 Å². The van der Waals surface area contributed by atoms with Crippen LogP contribution >= 0.6 is 23.2 Å². The van der Waals surface area contributed by atoms with Crippen LogP contribution in [-0.2, 0) is 6.54 Å². The topological polar surface area (TPSA) is 63.8 Å². The molecule has 5 nitrogen and oxygen atoms in total. The van der Waals surface area contributed by atoms with Gasteiger partial charge < -0.3 is 9.73 Å².